The van der Waals surface area contributed by atoms with Crippen molar-refractivity contribution in [2.75, 3.05) is 19.6 Å². The molecule has 0 radical (unpaired) electrons. The van der Waals surface area contributed by atoms with Gasteiger partial charge in [0.25, 0.3) is 0 Å². The third-order valence-electron chi connectivity index (χ3n) is 12.2. The molecular weight excluding hydrogens is 719 g/mol. The molecule has 3 saturated carbocycles. The topological polar surface area (TPSA) is 234 Å². The van der Waals surface area contributed by atoms with Crippen molar-refractivity contribution in [3.05, 3.63) is 0 Å². The molecular formula is C39H73BN8O8. The molecule has 320 valence electrons. The molecule has 1 saturated heterocycles. The fourth-order valence-corrected chi connectivity index (χ4v) is 8.42. The molecule has 4 rings (SSSR count). The van der Waals surface area contributed by atoms with Crippen molar-refractivity contribution < 1.29 is 38.4 Å². The van der Waals surface area contributed by atoms with Gasteiger partial charge in [0.05, 0.1) is 23.8 Å². The van der Waals surface area contributed by atoms with Gasteiger partial charge in [0.15, 0.2) is 0 Å². The molecule has 9 atom stereocenters. The lowest BCUT2D eigenvalue weighted by atomic mass is 9.43. The summed E-state index contributed by atoms with van der Waals surface area (Å²) in [6, 6.07) is -4.43. The van der Waals surface area contributed by atoms with Gasteiger partial charge in [0, 0.05) is 13.0 Å². The van der Waals surface area contributed by atoms with Gasteiger partial charge in [0.1, 0.15) is 18.1 Å². The Hall–Kier alpha value is -2.99. The number of rotatable bonds is 25. The second kappa shape index (κ2) is 22.8. The lowest BCUT2D eigenvalue weighted by Gasteiger charge is -2.64. The highest BCUT2D eigenvalue weighted by Gasteiger charge is 2.68. The lowest BCUT2D eigenvalue weighted by molar-refractivity contribution is -0.199. The molecule has 4 aliphatic rings. The van der Waals surface area contributed by atoms with Gasteiger partial charge in [-0.05, 0) is 96.6 Å². The zero-order valence-corrected chi connectivity index (χ0v) is 35.1. The lowest BCUT2D eigenvalue weighted by Crippen LogP contribution is -2.65. The van der Waals surface area contributed by atoms with Crippen LogP contribution in [0.25, 0.3) is 0 Å². The van der Waals surface area contributed by atoms with Crippen molar-refractivity contribution in [2.45, 2.75) is 180 Å². The Morgan fingerprint density at radius 2 is 1.48 bits per heavy atom. The number of urea groups is 1. The summed E-state index contributed by atoms with van der Waals surface area (Å²) in [6.45, 7) is 15.1. The zero-order valence-electron chi connectivity index (χ0n) is 35.1. The van der Waals surface area contributed by atoms with Crippen LogP contribution in [-0.4, -0.2) is 103 Å². The number of hydrazine groups is 1. The van der Waals surface area contributed by atoms with Gasteiger partial charge in [0.2, 0.25) is 23.6 Å². The Balaban J connectivity index is 1.41. The molecule has 0 unspecified atom stereocenters. The standard InChI is InChI=1S/C39H73BN8O8/c1-8-9-10-11-12-13-14-17-21-42-22-19-32(50)47-48-37(54)46-33(26(3)49)36(53)43-25(2)34(51)45-29(18-15-16-20-41)35(52)44-27(4)40-55-31-24-28-23-30(38(28,5)6)39(31,7)56-40/h25-31,33,42,49H,8-24,41H2,1-7H3,(H,43,53)(H,44,52)(H,45,51)(H,47,50)(H2,46,48,54)/t25-,26+,27-,28-,29-,30-,31+,33-,39-/m0/s1. The Morgan fingerprint density at radius 3 is 2.12 bits per heavy atom. The molecule has 17 heteroatoms. The van der Waals surface area contributed by atoms with E-state index in [0.717, 1.165) is 32.2 Å². The average Bonchev–Trinajstić information content (AvgIpc) is 3.52. The maximum absolute atomic E-state index is 13.6. The van der Waals surface area contributed by atoms with Crippen molar-refractivity contribution in [1.82, 2.24) is 37.4 Å². The normalized spacial score (nSPS) is 24.7. The monoisotopic (exact) mass is 793 g/mol. The number of hydrogen-bond donors (Lipinski definition) is 9. The first-order valence-corrected chi connectivity index (χ1v) is 21.2. The molecule has 4 fully saturated rings. The second-order valence-corrected chi connectivity index (χ2v) is 17.1. The maximum atomic E-state index is 13.6. The first-order valence-electron chi connectivity index (χ1n) is 21.2. The van der Waals surface area contributed by atoms with Crippen molar-refractivity contribution in [3.8, 4) is 0 Å². The minimum Gasteiger partial charge on any atom is -0.404 e. The molecule has 10 N–H and O–H groups in total. The largest absolute Gasteiger partial charge is 0.481 e. The molecule has 0 aromatic carbocycles. The van der Waals surface area contributed by atoms with Crippen LogP contribution in [0.15, 0.2) is 0 Å². The van der Waals surface area contributed by atoms with E-state index in [1.807, 2.05) is 6.92 Å². The minimum atomic E-state index is -1.45. The molecule has 16 nitrogen and oxygen atoms in total. The van der Waals surface area contributed by atoms with E-state index in [0.29, 0.717) is 44.2 Å². The van der Waals surface area contributed by atoms with E-state index in [2.05, 4.69) is 65.1 Å². The number of aliphatic hydroxyl groups excluding tert-OH is 1. The van der Waals surface area contributed by atoms with Gasteiger partial charge in [-0.15, -0.1) is 0 Å². The van der Waals surface area contributed by atoms with Crippen LogP contribution in [-0.2, 0) is 28.5 Å². The Kier molecular flexibility index (Phi) is 19.3. The van der Waals surface area contributed by atoms with Crippen LogP contribution in [0.4, 0.5) is 4.79 Å². The number of aliphatic hydroxyl groups is 1. The first kappa shape index (κ1) is 47.4. The van der Waals surface area contributed by atoms with Crippen LogP contribution < -0.4 is 43.2 Å². The first-order chi connectivity index (χ1) is 26.5. The van der Waals surface area contributed by atoms with E-state index in [1.165, 1.54) is 52.4 Å². The van der Waals surface area contributed by atoms with Crippen molar-refractivity contribution in [1.29, 1.82) is 0 Å². The predicted molar refractivity (Wildman–Crippen MR) is 216 cm³/mol. The second-order valence-electron chi connectivity index (χ2n) is 17.1. The van der Waals surface area contributed by atoms with Gasteiger partial charge < -0.3 is 46.7 Å². The van der Waals surface area contributed by atoms with Crippen LogP contribution in [0, 0.1) is 17.3 Å². The van der Waals surface area contributed by atoms with Crippen LogP contribution >= 0.6 is 0 Å². The van der Waals surface area contributed by atoms with Crippen LogP contribution in [0.3, 0.4) is 0 Å². The summed E-state index contributed by atoms with van der Waals surface area (Å²) in [7, 11) is -0.635. The number of nitrogens with one attached hydrogen (secondary N) is 7. The highest BCUT2D eigenvalue weighted by atomic mass is 16.7. The van der Waals surface area contributed by atoms with Gasteiger partial charge in [-0.2, -0.15) is 0 Å². The number of nitrogens with two attached hydrogens (primary N) is 1. The number of carbonyl (C=O) groups is 5. The smallest absolute Gasteiger partial charge is 0.404 e. The Morgan fingerprint density at radius 1 is 0.804 bits per heavy atom. The molecule has 6 amide bonds. The fourth-order valence-electron chi connectivity index (χ4n) is 8.42. The average molecular weight is 793 g/mol. The predicted octanol–water partition coefficient (Wildman–Crippen LogP) is 2.08. The maximum Gasteiger partial charge on any atom is 0.481 e. The van der Waals surface area contributed by atoms with Gasteiger partial charge >= 0.3 is 13.1 Å². The molecule has 2 bridgehead atoms. The Bertz CT molecular complexity index is 1290. The molecule has 0 spiro atoms. The zero-order chi connectivity index (χ0) is 41.5. The summed E-state index contributed by atoms with van der Waals surface area (Å²) in [4.78, 5) is 64.7. The van der Waals surface area contributed by atoms with E-state index in [4.69, 9.17) is 15.0 Å². The van der Waals surface area contributed by atoms with E-state index >= 15 is 0 Å². The summed E-state index contributed by atoms with van der Waals surface area (Å²) < 4.78 is 12.9. The fraction of sp³-hybridized carbons (Fsp3) is 0.872. The number of amides is 6. The molecule has 1 heterocycles. The minimum absolute atomic E-state index is 0.0421. The summed E-state index contributed by atoms with van der Waals surface area (Å²) in [5, 5.41) is 24.0. The third-order valence-corrected chi connectivity index (χ3v) is 12.2. The van der Waals surface area contributed by atoms with Gasteiger partial charge in [-0.25, -0.2) is 10.2 Å². The molecule has 56 heavy (non-hydrogen) atoms. The highest BCUT2D eigenvalue weighted by Crippen LogP contribution is 2.65. The molecule has 1 aliphatic heterocycles. The van der Waals surface area contributed by atoms with Crippen molar-refractivity contribution >= 4 is 36.8 Å². The number of carbonyl (C=O) groups excluding carboxylic acids is 5. The summed E-state index contributed by atoms with van der Waals surface area (Å²) in [5.41, 5.74) is 9.92. The van der Waals surface area contributed by atoms with Gasteiger partial charge in [-0.1, -0.05) is 65.7 Å². The number of hydrogen-bond acceptors (Lipinski definition) is 10. The van der Waals surface area contributed by atoms with Crippen LogP contribution in [0.5, 0.6) is 0 Å². The molecule has 0 aromatic rings. The van der Waals surface area contributed by atoms with Crippen LogP contribution in [0.1, 0.15) is 138 Å². The van der Waals surface area contributed by atoms with Gasteiger partial charge in [-0.3, -0.25) is 24.6 Å². The third kappa shape index (κ3) is 13.6. The SMILES string of the molecule is CCCCCCCCCCNCCC(=O)NNC(=O)N[C@H](C(=O)N[C@@H](C)C(=O)N[C@@H](CCCCN)C(=O)N[C@@H](C)B1O[C@@H]2C[C@@H]3C[C@@H](C3(C)C)[C@]2(C)O1)[C@@H](C)O. The molecule has 0 aromatic heterocycles. The van der Waals surface area contributed by atoms with Crippen LogP contribution in [0.2, 0.25) is 0 Å². The van der Waals surface area contributed by atoms with E-state index in [1.54, 1.807) is 0 Å². The summed E-state index contributed by atoms with van der Waals surface area (Å²) in [5.74, 6) is -1.85. The highest BCUT2D eigenvalue weighted by molar-refractivity contribution is 6.47. The quantitative estimate of drug-likeness (QED) is 0.0371. The van der Waals surface area contributed by atoms with E-state index in [-0.39, 0.29) is 17.9 Å². The Labute approximate surface area is 334 Å². The number of unbranched alkanes of at least 4 members (excludes halogenated alkanes) is 8. The summed E-state index contributed by atoms with van der Waals surface area (Å²) in [6.07, 6.45) is 12.1. The van der Waals surface area contributed by atoms with E-state index in [9.17, 15) is 29.1 Å². The van der Waals surface area contributed by atoms with Crippen molar-refractivity contribution in [3.63, 3.8) is 0 Å². The summed E-state index contributed by atoms with van der Waals surface area (Å²) >= 11 is 0. The molecule has 3 aliphatic carbocycles. The van der Waals surface area contributed by atoms with E-state index < -0.39 is 72.5 Å². The van der Waals surface area contributed by atoms with Crippen molar-refractivity contribution in [2.24, 2.45) is 23.0 Å².